The smallest absolute Gasteiger partial charge is 0.220 e. The maximum absolute atomic E-state index is 11.8. The molecule has 2 spiro atoms. The van der Waals surface area contributed by atoms with Gasteiger partial charge in [-0.1, -0.05) is 65.7 Å². The van der Waals surface area contributed by atoms with Crippen LogP contribution in [-0.4, -0.2) is 80.3 Å². The van der Waals surface area contributed by atoms with Gasteiger partial charge in [0.1, 0.15) is 5.65 Å². The third kappa shape index (κ3) is 5.74. The number of nitrogens with zero attached hydrogens (tertiary/aromatic N) is 5. The van der Waals surface area contributed by atoms with Crippen LogP contribution in [-0.2, 0) is 22.7 Å². The van der Waals surface area contributed by atoms with Gasteiger partial charge >= 0.3 is 0 Å². The van der Waals surface area contributed by atoms with Gasteiger partial charge in [-0.15, -0.1) is 0 Å². The van der Waals surface area contributed by atoms with Crippen LogP contribution in [0.4, 0.5) is 0 Å². The molecule has 4 aliphatic rings. The van der Waals surface area contributed by atoms with E-state index >= 15 is 0 Å². The summed E-state index contributed by atoms with van der Waals surface area (Å²) >= 11 is 14.4. The number of carbonyl (C=O) groups is 2. The molecule has 10 nitrogen and oxygen atoms in total. The first-order valence-electron chi connectivity index (χ1n) is 17.4. The van der Waals surface area contributed by atoms with Gasteiger partial charge < -0.3 is 19.8 Å². The highest BCUT2D eigenvalue weighted by atomic mass is 35.5. The molecule has 0 saturated carbocycles. The Bertz CT molecular complexity index is 2220. The van der Waals surface area contributed by atoms with E-state index in [2.05, 4.69) is 36.0 Å². The molecule has 5 aromatic rings. The zero-order valence-corrected chi connectivity index (χ0v) is 29.7. The summed E-state index contributed by atoms with van der Waals surface area (Å²) in [6, 6.07) is 20.0. The number of ether oxygens (including phenoxy) is 1. The number of hydrogen-bond donors (Lipinski definition) is 2. The number of aromatic nitrogens is 3. The molecular formula is C39H37Cl2N7O3. The van der Waals surface area contributed by atoms with Crippen molar-refractivity contribution in [3.8, 4) is 39.4 Å². The standard InChI is InChI=1S/C39H37Cl2N7O3/c1-51-37-25(17-46-20-38(21-46)14-12-33(49)44-38)8-10-31(43-37)30-7-3-6-29(36(30)41)28-5-2-4-27(35(28)40)24-9-11-32-42-16-26(48(32)18-24)19-47-22-39(23-47)15-13-34(50)45-39/h2-11,16,18H,12-15,17,19-23H2,1H3,(H,44,49)(H,45,50). The van der Waals surface area contributed by atoms with Crippen LogP contribution >= 0.6 is 23.2 Å². The first-order chi connectivity index (χ1) is 24.7. The number of pyridine rings is 2. The number of rotatable bonds is 8. The molecule has 0 atom stereocenters. The van der Waals surface area contributed by atoms with Gasteiger partial charge in [-0.25, -0.2) is 9.97 Å². The highest BCUT2D eigenvalue weighted by Gasteiger charge is 2.48. The molecule has 12 heteroatoms. The second-order valence-electron chi connectivity index (χ2n) is 14.5. The van der Waals surface area contributed by atoms with Gasteiger partial charge in [0.2, 0.25) is 17.7 Å². The van der Waals surface area contributed by atoms with Gasteiger partial charge in [0, 0.05) is 86.1 Å². The second-order valence-corrected chi connectivity index (χ2v) is 15.3. The lowest BCUT2D eigenvalue weighted by Gasteiger charge is -2.48. The molecule has 51 heavy (non-hydrogen) atoms. The SMILES string of the molecule is COc1nc(-c2cccc(-c3cccc(-c4ccc5ncc(CN6CC7(CCC(=O)N7)C6)n5c4)c3Cl)c2Cl)ccc1CN1CC2(CCC(=O)N2)C1. The summed E-state index contributed by atoms with van der Waals surface area (Å²) in [7, 11) is 1.63. The highest BCUT2D eigenvalue weighted by molar-refractivity contribution is 6.39. The number of nitrogens with one attached hydrogen (secondary N) is 2. The number of fused-ring (bicyclic) bond motifs is 1. The summed E-state index contributed by atoms with van der Waals surface area (Å²) in [6.07, 6.45) is 7.03. The molecule has 4 saturated heterocycles. The molecule has 7 heterocycles. The first kappa shape index (κ1) is 32.4. The average Bonchev–Trinajstić information content (AvgIpc) is 3.81. The minimum atomic E-state index is -0.0749. The van der Waals surface area contributed by atoms with Crippen molar-refractivity contribution in [1.29, 1.82) is 0 Å². The number of likely N-dealkylation sites (tertiary alicyclic amines) is 2. The molecule has 2 amide bonds. The van der Waals surface area contributed by atoms with Crippen LogP contribution < -0.4 is 15.4 Å². The number of imidazole rings is 1. The molecule has 2 aromatic carbocycles. The average molecular weight is 723 g/mol. The normalized spacial score (nSPS) is 19.4. The minimum Gasteiger partial charge on any atom is -0.481 e. The van der Waals surface area contributed by atoms with Gasteiger partial charge in [0.15, 0.2) is 0 Å². The van der Waals surface area contributed by atoms with Crippen molar-refractivity contribution < 1.29 is 14.3 Å². The lowest BCUT2D eigenvalue weighted by molar-refractivity contribution is -0.121. The van der Waals surface area contributed by atoms with E-state index in [9.17, 15) is 9.59 Å². The van der Waals surface area contributed by atoms with E-state index in [0.29, 0.717) is 41.0 Å². The van der Waals surface area contributed by atoms with Crippen molar-refractivity contribution in [2.24, 2.45) is 0 Å². The third-order valence-electron chi connectivity index (χ3n) is 10.9. The van der Waals surface area contributed by atoms with Crippen LogP contribution in [0.1, 0.15) is 36.9 Å². The Hall–Kier alpha value is -4.48. The summed E-state index contributed by atoms with van der Waals surface area (Å²) in [5.74, 6) is 0.851. The van der Waals surface area contributed by atoms with E-state index in [-0.39, 0.29) is 22.9 Å². The second kappa shape index (κ2) is 12.3. The van der Waals surface area contributed by atoms with Crippen molar-refractivity contribution >= 4 is 40.7 Å². The summed E-state index contributed by atoms with van der Waals surface area (Å²) in [5.41, 5.74) is 7.78. The Kier molecular flexibility index (Phi) is 7.84. The molecule has 0 bridgehead atoms. The monoisotopic (exact) mass is 721 g/mol. The molecule has 0 radical (unpaired) electrons. The lowest BCUT2D eigenvalue weighted by atomic mass is 9.88. The molecule has 9 rings (SSSR count). The van der Waals surface area contributed by atoms with E-state index in [1.165, 1.54) is 0 Å². The lowest BCUT2D eigenvalue weighted by Crippen LogP contribution is -2.66. The first-order valence-corrected chi connectivity index (χ1v) is 18.1. The Balaban J connectivity index is 0.961. The zero-order valence-electron chi connectivity index (χ0n) is 28.2. The van der Waals surface area contributed by atoms with Crippen molar-refractivity contribution in [2.75, 3.05) is 33.3 Å². The fourth-order valence-corrected chi connectivity index (χ4v) is 9.12. The predicted octanol–water partition coefficient (Wildman–Crippen LogP) is 5.97. The maximum Gasteiger partial charge on any atom is 0.220 e. The van der Waals surface area contributed by atoms with Crippen molar-refractivity contribution in [3.05, 3.63) is 94.4 Å². The Morgan fingerprint density at radius 3 is 2.00 bits per heavy atom. The van der Waals surface area contributed by atoms with Crippen LogP contribution in [0.25, 0.3) is 39.2 Å². The van der Waals surface area contributed by atoms with E-state index in [1.807, 2.05) is 66.9 Å². The summed E-state index contributed by atoms with van der Waals surface area (Å²) in [5, 5.41) is 7.46. The number of halogens is 2. The molecule has 0 unspecified atom stereocenters. The van der Waals surface area contributed by atoms with Gasteiger partial charge in [-0.2, -0.15) is 0 Å². The van der Waals surface area contributed by atoms with Crippen LogP contribution in [0.15, 0.2) is 73.1 Å². The molecule has 0 aliphatic carbocycles. The van der Waals surface area contributed by atoms with E-state index in [1.54, 1.807) is 7.11 Å². The van der Waals surface area contributed by atoms with E-state index < -0.39 is 0 Å². The Morgan fingerprint density at radius 2 is 1.37 bits per heavy atom. The van der Waals surface area contributed by atoms with Gasteiger partial charge in [-0.3, -0.25) is 19.4 Å². The number of benzene rings is 2. The zero-order chi connectivity index (χ0) is 34.9. The molecule has 4 aliphatic heterocycles. The van der Waals surface area contributed by atoms with Gasteiger partial charge in [-0.05, 0) is 36.6 Å². The van der Waals surface area contributed by atoms with Gasteiger partial charge in [0.25, 0.3) is 0 Å². The number of methoxy groups -OCH3 is 1. The Morgan fingerprint density at radius 1 is 0.765 bits per heavy atom. The third-order valence-corrected chi connectivity index (χ3v) is 11.8. The number of hydrogen-bond acceptors (Lipinski definition) is 7. The van der Waals surface area contributed by atoms with E-state index in [4.69, 9.17) is 32.9 Å². The summed E-state index contributed by atoms with van der Waals surface area (Å²) < 4.78 is 7.87. The van der Waals surface area contributed by atoms with Crippen molar-refractivity contribution in [3.63, 3.8) is 0 Å². The quantitative estimate of drug-likeness (QED) is 0.203. The number of amides is 2. The van der Waals surface area contributed by atoms with Crippen LogP contribution in [0.3, 0.4) is 0 Å². The fourth-order valence-electron chi connectivity index (χ4n) is 8.46. The molecular weight excluding hydrogens is 685 g/mol. The Labute approximate surface area is 305 Å². The molecule has 260 valence electrons. The number of carbonyl (C=O) groups excluding carboxylic acids is 2. The molecule has 3 aromatic heterocycles. The summed E-state index contributed by atoms with van der Waals surface area (Å²) in [4.78, 5) is 37.7. The molecule has 2 N–H and O–H groups in total. The van der Waals surface area contributed by atoms with Crippen LogP contribution in [0.5, 0.6) is 5.88 Å². The minimum absolute atomic E-state index is 0.0596. The highest BCUT2D eigenvalue weighted by Crippen LogP contribution is 2.43. The largest absolute Gasteiger partial charge is 0.481 e. The van der Waals surface area contributed by atoms with Crippen molar-refractivity contribution in [2.45, 2.75) is 49.9 Å². The van der Waals surface area contributed by atoms with Crippen molar-refractivity contribution in [1.82, 2.24) is 34.8 Å². The topological polar surface area (TPSA) is 104 Å². The molecule has 4 fully saturated rings. The van der Waals surface area contributed by atoms with E-state index in [0.717, 1.165) is 90.3 Å². The van der Waals surface area contributed by atoms with Crippen LogP contribution in [0, 0.1) is 0 Å². The fraction of sp³-hybridized carbons (Fsp3) is 0.333. The van der Waals surface area contributed by atoms with Gasteiger partial charge in [0.05, 0.1) is 45.8 Å². The summed E-state index contributed by atoms with van der Waals surface area (Å²) in [6.45, 7) is 4.80. The van der Waals surface area contributed by atoms with Crippen LogP contribution in [0.2, 0.25) is 10.0 Å². The maximum atomic E-state index is 11.8. The predicted molar refractivity (Wildman–Crippen MR) is 197 cm³/mol.